The number of phenolic OH excluding ortho intramolecular Hbond substituents is 1. The molecule has 0 fully saturated rings. The number of aryl methyl sites for hydroxylation is 3. The first-order valence-electron chi connectivity index (χ1n) is 11.2. The van der Waals surface area contributed by atoms with Crippen molar-refractivity contribution in [3.05, 3.63) is 58.4 Å². The molecule has 1 heterocycles. The van der Waals surface area contributed by atoms with Crippen molar-refractivity contribution in [2.24, 2.45) is 10.2 Å². The highest BCUT2D eigenvalue weighted by Gasteiger charge is 2.13. The van der Waals surface area contributed by atoms with Gasteiger partial charge in [-0.2, -0.15) is 20.1 Å². The SMILES string of the molecule is CCCNc1nc(Cl)nc(Nc2ccc(N=Nc3c(N)c(C)cc4cc(C)cc(O)c34)c(C)c2)n1. The first-order chi connectivity index (χ1) is 16.7. The van der Waals surface area contributed by atoms with Gasteiger partial charge in [-0.15, -0.1) is 5.11 Å². The van der Waals surface area contributed by atoms with E-state index in [1.165, 1.54) is 0 Å². The molecule has 0 saturated carbocycles. The Kier molecular flexibility index (Phi) is 6.97. The lowest BCUT2D eigenvalue weighted by molar-refractivity contribution is 0.481. The standard InChI is InChI=1S/C25H27ClN8O/c1-5-8-28-24-30-23(26)31-25(32-24)29-17-6-7-18(14(3)12-17)33-34-22-20-16(11-15(4)21(22)27)9-13(2)10-19(20)35/h6-7,9-12,35H,5,8,27H2,1-4H3,(H2,28,29,30,31,32). The molecule has 0 spiro atoms. The van der Waals surface area contributed by atoms with Gasteiger partial charge in [-0.05, 0) is 91.2 Å². The number of phenols is 1. The fourth-order valence-electron chi connectivity index (χ4n) is 3.70. The zero-order valence-electron chi connectivity index (χ0n) is 20.0. The van der Waals surface area contributed by atoms with Crippen LogP contribution < -0.4 is 16.4 Å². The summed E-state index contributed by atoms with van der Waals surface area (Å²) >= 11 is 6.04. The van der Waals surface area contributed by atoms with Crippen LogP contribution in [-0.2, 0) is 0 Å². The fraction of sp³-hybridized carbons (Fsp3) is 0.240. The third kappa shape index (κ3) is 5.41. The lowest BCUT2D eigenvalue weighted by Crippen LogP contribution is -2.07. The zero-order chi connectivity index (χ0) is 25.1. The normalized spacial score (nSPS) is 11.3. The van der Waals surface area contributed by atoms with Crippen molar-refractivity contribution in [1.82, 2.24) is 15.0 Å². The highest BCUT2D eigenvalue weighted by molar-refractivity contribution is 6.28. The number of benzene rings is 3. The van der Waals surface area contributed by atoms with Crippen molar-refractivity contribution < 1.29 is 5.11 Å². The van der Waals surface area contributed by atoms with E-state index < -0.39 is 0 Å². The molecule has 10 heteroatoms. The van der Waals surface area contributed by atoms with E-state index in [1.54, 1.807) is 6.07 Å². The van der Waals surface area contributed by atoms with Crippen LogP contribution in [0.15, 0.2) is 46.6 Å². The molecule has 0 saturated heterocycles. The minimum Gasteiger partial charge on any atom is -0.507 e. The lowest BCUT2D eigenvalue weighted by atomic mass is 10.0. The number of nitrogens with one attached hydrogen (secondary N) is 2. The molecule has 180 valence electrons. The lowest BCUT2D eigenvalue weighted by Gasteiger charge is -2.11. The first-order valence-corrected chi connectivity index (χ1v) is 11.6. The van der Waals surface area contributed by atoms with Gasteiger partial charge in [-0.3, -0.25) is 0 Å². The Morgan fingerprint density at radius 3 is 2.49 bits per heavy atom. The second kappa shape index (κ2) is 10.1. The van der Waals surface area contributed by atoms with Gasteiger partial charge >= 0.3 is 0 Å². The molecule has 5 N–H and O–H groups in total. The van der Waals surface area contributed by atoms with Crippen molar-refractivity contribution in [1.29, 1.82) is 0 Å². The monoisotopic (exact) mass is 490 g/mol. The molecule has 0 unspecified atom stereocenters. The van der Waals surface area contributed by atoms with Crippen LogP contribution in [0.3, 0.4) is 0 Å². The molecular formula is C25H27ClN8O. The van der Waals surface area contributed by atoms with E-state index in [9.17, 15) is 5.11 Å². The maximum absolute atomic E-state index is 10.6. The van der Waals surface area contributed by atoms with Crippen LogP contribution in [0.25, 0.3) is 10.8 Å². The Morgan fingerprint density at radius 2 is 1.74 bits per heavy atom. The molecule has 0 aliphatic rings. The Balaban J connectivity index is 1.62. The summed E-state index contributed by atoms with van der Waals surface area (Å²) in [7, 11) is 0. The predicted octanol–water partition coefficient (Wildman–Crippen LogP) is 6.87. The Morgan fingerprint density at radius 1 is 0.971 bits per heavy atom. The summed E-state index contributed by atoms with van der Waals surface area (Å²) in [6.45, 7) is 8.55. The van der Waals surface area contributed by atoms with Gasteiger partial charge in [0.1, 0.15) is 11.4 Å². The molecule has 0 atom stereocenters. The van der Waals surface area contributed by atoms with Crippen LogP contribution in [0.4, 0.5) is 34.6 Å². The summed E-state index contributed by atoms with van der Waals surface area (Å²) in [5, 5.41) is 27.2. The zero-order valence-corrected chi connectivity index (χ0v) is 20.8. The van der Waals surface area contributed by atoms with E-state index in [4.69, 9.17) is 17.3 Å². The van der Waals surface area contributed by atoms with E-state index >= 15 is 0 Å². The van der Waals surface area contributed by atoms with Crippen molar-refractivity contribution in [2.75, 3.05) is 22.9 Å². The van der Waals surface area contributed by atoms with Crippen LogP contribution in [0.2, 0.25) is 5.28 Å². The van der Waals surface area contributed by atoms with E-state index in [0.717, 1.165) is 40.7 Å². The number of halogens is 1. The average Bonchev–Trinajstić information content (AvgIpc) is 2.78. The van der Waals surface area contributed by atoms with Crippen LogP contribution in [0.1, 0.15) is 30.0 Å². The van der Waals surface area contributed by atoms with Crippen LogP contribution in [-0.4, -0.2) is 26.6 Å². The molecular weight excluding hydrogens is 464 g/mol. The molecule has 9 nitrogen and oxygen atoms in total. The summed E-state index contributed by atoms with van der Waals surface area (Å²) in [5.41, 5.74) is 11.4. The van der Waals surface area contributed by atoms with E-state index in [1.807, 2.05) is 51.1 Å². The van der Waals surface area contributed by atoms with E-state index in [0.29, 0.717) is 34.3 Å². The average molecular weight is 491 g/mol. The molecule has 1 aromatic heterocycles. The molecule has 35 heavy (non-hydrogen) atoms. The number of nitrogens with two attached hydrogens (primary N) is 1. The number of nitrogens with zero attached hydrogens (tertiary/aromatic N) is 5. The summed E-state index contributed by atoms with van der Waals surface area (Å²) in [4.78, 5) is 12.6. The summed E-state index contributed by atoms with van der Waals surface area (Å²) in [5.74, 6) is 0.876. The number of rotatable bonds is 7. The van der Waals surface area contributed by atoms with Crippen LogP contribution >= 0.6 is 11.6 Å². The summed E-state index contributed by atoms with van der Waals surface area (Å²) in [6, 6.07) is 11.2. The van der Waals surface area contributed by atoms with Gasteiger partial charge < -0.3 is 21.5 Å². The van der Waals surface area contributed by atoms with Gasteiger partial charge in [-0.25, -0.2) is 0 Å². The Hall–Kier alpha value is -3.98. The molecule has 0 amide bonds. The number of azo groups is 1. The van der Waals surface area contributed by atoms with E-state index in [-0.39, 0.29) is 11.0 Å². The largest absolute Gasteiger partial charge is 0.507 e. The first kappa shape index (κ1) is 24.2. The van der Waals surface area contributed by atoms with Gasteiger partial charge in [-0.1, -0.05) is 13.0 Å². The quantitative estimate of drug-likeness (QED) is 0.164. The predicted molar refractivity (Wildman–Crippen MR) is 142 cm³/mol. The molecule has 0 bridgehead atoms. The maximum Gasteiger partial charge on any atom is 0.233 e. The highest BCUT2D eigenvalue weighted by Crippen LogP contribution is 2.41. The minimum atomic E-state index is 0.102. The summed E-state index contributed by atoms with van der Waals surface area (Å²) < 4.78 is 0. The third-order valence-corrected chi connectivity index (χ3v) is 5.60. The highest BCUT2D eigenvalue weighted by atomic mass is 35.5. The van der Waals surface area contributed by atoms with Gasteiger partial charge in [0.05, 0.1) is 16.8 Å². The van der Waals surface area contributed by atoms with Crippen LogP contribution in [0, 0.1) is 20.8 Å². The van der Waals surface area contributed by atoms with E-state index in [2.05, 4.69) is 42.7 Å². The third-order valence-electron chi connectivity index (χ3n) is 5.43. The number of hydrogen-bond acceptors (Lipinski definition) is 9. The Labute approximate surface area is 208 Å². The molecule has 0 aliphatic carbocycles. The van der Waals surface area contributed by atoms with Gasteiger partial charge in [0.15, 0.2) is 0 Å². The van der Waals surface area contributed by atoms with Gasteiger partial charge in [0.25, 0.3) is 0 Å². The number of fused-ring (bicyclic) bond motifs is 1. The minimum absolute atomic E-state index is 0.102. The van der Waals surface area contributed by atoms with Crippen molar-refractivity contribution in [2.45, 2.75) is 34.1 Å². The van der Waals surface area contributed by atoms with Crippen LogP contribution in [0.5, 0.6) is 5.75 Å². The van der Waals surface area contributed by atoms with Crippen molar-refractivity contribution >= 4 is 57.0 Å². The number of aromatic hydroxyl groups is 1. The second-order valence-corrected chi connectivity index (χ2v) is 8.68. The summed E-state index contributed by atoms with van der Waals surface area (Å²) in [6.07, 6.45) is 0.935. The molecule has 4 aromatic rings. The number of aromatic nitrogens is 3. The topological polar surface area (TPSA) is 134 Å². The number of nitrogen functional groups attached to an aromatic ring is 1. The maximum atomic E-state index is 10.6. The van der Waals surface area contributed by atoms with Gasteiger partial charge in [0, 0.05) is 12.2 Å². The smallest absolute Gasteiger partial charge is 0.233 e. The molecule has 3 aromatic carbocycles. The molecule has 0 aliphatic heterocycles. The Bertz CT molecular complexity index is 1440. The number of anilines is 4. The fourth-order valence-corrected chi connectivity index (χ4v) is 3.86. The second-order valence-electron chi connectivity index (χ2n) is 8.34. The van der Waals surface area contributed by atoms with Crippen molar-refractivity contribution in [3.63, 3.8) is 0 Å². The van der Waals surface area contributed by atoms with Crippen molar-refractivity contribution in [3.8, 4) is 5.75 Å². The number of hydrogen-bond donors (Lipinski definition) is 4. The molecule has 0 radical (unpaired) electrons. The molecule has 4 rings (SSSR count). The van der Waals surface area contributed by atoms with Gasteiger partial charge in [0.2, 0.25) is 17.2 Å².